The molecule has 0 bridgehead atoms. The number of hydrogen-bond acceptors (Lipinski definition) is 5. The molecule has 2 rings (SSSR count). The number of hydrogen-bond donors (Lipinski definition) is 0. The van der Waals surface area contributed by atoms with Crippen molar-refractivity contribution in [3.8, 4) is 0 Å². The van der Waals surface area contributed by atoms with Crippen molar-refractivity contribution < 1.29 is 4.79 Å². The molecular weight excluding hydrogens is 260 g/mol. The quantitative estimate of drug-likeness (QED) is 0.623. The number of allylic oxidation sites excluding steroid dienone is 3. The highest BCUT2D eigenvalue weighted by molar-refractivity contribution is 7.09. The van der Waals surface area contributed by atoms with Crippen molar-refractivity contribution in [2.75, 3.05) is 31.1 Å². The maximum atomic E-state index is 11.9. The SMILES string of the molecule is C/C=C/C=C/C(=O)N1CCN(c2nc(C)ns2)CC1. The van der Waals surface area contributed by atoms with Crippen LogP contribution in [0.15, 0.2) is 24.3 Å². The first-order valence-corrected chi connectivity index (χ1v) is 7.11. The van der Waals surface area contributed by atoms with Crippen LogP contribution in [-0.2, 0) is 4.79 Å². The van der Waals surface area contributed by atoms with Crippen LogP contribution in [0.3, 0.4) is 0 Å². The fourth-order valence-electron chi connectivity index (χ4n) is 1.89. The number of carbonyl (C=O) groups is 1. The Labute approximate surface area is 117 Å². The summed E-state index contributed by atoms with van der Waals surface area (Å²) in [7, 11) is 0. The highest BCUT2D eigenvalue weighted by Gasteiger charge is 2.21. The van der Waals surface area contributed by atoms with Crippen LogP contribution in [0.4, 0.5) is 5.13 Å². The lowest BCUT2D eigenvalue weighted by Crippen LogP contribution is -2.48. The van der Waals surface area contributed by atoms with Crippen LogP contribution in [0.5, 0.6) is 0 Å². The van der Waals surface area contributed by atoms with Gasteiger partial charge in [0.2, 0.25) is 11.0 Å². The molecule has 0 aromatic carbocycles. The van der Waals surface area contributed by atoms with Gasteiger partial charge >= 0.3 is 0 Å². The van der Waals surface area contributed by atoms with Crippen LogP contribution < -0.4 is 4.90 Å². The van der Waals surface area contributed by atoms with Crippen LogP contribution in [0.1, 0.15) is 12.7 Å². The molecule has 102 valence electrons. The molecule has 0 N–H and O–H groups in total. The third kappa shape index (κ3) is 3.64. The van der Waals surface area contributed by atoms with Crippen molar-refractivity contribution in [2.45, 2.75) is 13.8 Å². The average Bonchev–Trinajstić information content (AvgIpc) is 2.86. The van der Waals surface area contributed by atoms with Gasteiger partial charge in [0, 0.05) is 43.8 Å². The van der Waals surface area contributed by atoms with E-state index < -0.39 is 0 Å². The number of carbonyl (C=O) groups excluding carboxylic acids is 1. The monoisotopic (exact) mass is 278 g/mol. The fraction of sp³-hybridized carbons (Fsp3) is 0.462. The van der Waals surface area contributed by atoms with E-state index in [-0.39, 0.29) is 5.91 Å². The molecule has 6 heteroatoms. The molecule has 1 amide bonds. The van der Waals surface area contributed by atoms with Gasteiger partial charge in [0.15, 0.2) is 0 Å². The first-order valence-electron chi connectivity index (χ1n) is 6.34. The number of aryl methyl sites for hydroxylation is 1. The second-order valence-corrected chi connectivity index (χ2v) is 5.05. The van der Waals surface area contributed by atoms with Gasteiger partial charge in [0.05, 0.1) is 0 Å². The van der Waals surface area contributed by atoms with E-state index in [0.29, 0.717) is 0 Å². The molecule has 0 aliphatic carbocycles. The highest BCUT2D eigenvalue weighted by Crippen LogP contribution is 2.18. The standard InChI is InChI=1S/C13H18N4OS/c1-3-4-5-6-12(18)16-7-9-17(10-8-16)13-14-11(2)15-19-13/h3-6H,7-10H2,1-2H3/b4-3+,6-5+. The van der Waals surface area contributed by atoms with Gasteiger partial charge in [-0.3, -0.25) is 4.79 Å². The minimum absolute atomic E-state index is 0.0752. The number of rotatable bonds is 3. The number of piperazine rings is 1. The van der Waals surface area contributed by atoms with Crippen molar-refractivity contribution in [3.63, 3.8) is 0 Å². The molecular formula is C13H18N4OS. The Kier molecular flexibility index (Phi) is 4.68. The fourth-order valence-corrected chi connectivity index (χ4v) is 2.61. The van der Waals surface area contributed by atoms with Crippen molar-refractivity contribution in [2.24, 2.45) is 0 Å². The van der Waals surface area contributed by atoms with Gasteiger partial charge < -0.3 is 9.80 Å². The molecule has 1 aliphatic heterocycles. The van der Waals surface area contributed by atoms with Gasteiger partial charge in [-0.15, -0.1) is 0 Å². The van der Waals surface area contributed by atoms with Crippen LogP contribution in [0, 0.1) is 6.92 Å². The van der Waals surface area contributed by atoms with Crippen molar-refractivity contribution in [3.05, 3.63) is 30.1 Å². The lowest BCUT2D eigenvalue weighted by Gasteiger charge is -2.33. The molecule has 5 nitrogen and oxygen atoms in total. The van der Waals surface area contributed by atoms with Crippen LogP contribution >= 0.6 is 11.5 Å². The molecule has 1 aromatic rings. The first-order chi connectivity index (χ1) is 9.20. The second kappa shape index (κ2) is 6.47. The Morgan fingerprint density at radius 2 is 2.00 bits per heavy atom. The van der Waals surface area contributed by atoms with Gasteiger partial charge in [-0.05, 0) is 13.8 Å². The molecule has 0 unspecified atom stereocenters. The summed E-state index contributed by atoms with van der Waals surface area (Å²) in [4.78, 5) is 20.3. The Morgan fingerprint density at radius 1 is 1.26 bits per heavy atom. The zero-order valence-corrected chi connectivity index (χ0v) is 12.1. The van der Waals surface area contributed by atoms with Crippen molar-refractivity contribution in [1.29, 1.82) is 0 Å². The molecule has 1 saturated heterocycles. The molecule has 0 radical (unpaired) electrons. The van der Waals surface area contributed by atoms with E-state index in [1.807, 2.05) is 30.9 Å². The molecule has 1 fully saturated rings. The van der Waals surface area contributed by atoms with Gasteiger partial charge in [0.1, 0.15) is 5.82 Å². The van der Waals surface area contributed by atoms with E-state index in [1.54, 1.807) is 12.2 Å². The van der Waals surface area contributed by atoms with Crippen LogP contribution in [0.25, 0.3) is 0 Å². The summed E-state index contributed by atoms with van der Waals surface area (Å²) in [6, 6.07) is 0. The topological polar surface area (TPSA) is 49.3 Å². The number of aromatic nitrogens is 2. The summed E-state index contributed by atoms with van der Waals surface area (Å²) in [5.41, 5.74) is 0. The molecule has 0 atom stereocenters. The number of anilines is 1. The highest BCUT2D eigenvalue weighted by atomic mass is 32.1. The maximum Gasteiger partial charge on any atom is 0.246 e. The normalized spacial score (nSPS) is 16.7. The predicted octanol–water partition coefficient (Wildman–Crippen LogP) is 1.63. The lowest BCUT2D eigenvalue weighted by molar-refractivity contribution is -0.126. The summed E-state index contributed by atoms with van der Waals surface area (Å²) in [6.45, 7) is 6.92. The van der Waals surface area contributed by atoms with Gasteiger partial charge in [-0.25, -0.2) is 4.98 Å². The van der Waals surface area contributed by atoms with Crippen LogP contribution in [0.2, 0.25) is 0 Å². The van der Waals surface area contributed by atoms with Crippen LogP contribution in [-0.4, -0.2) is 46.3 Å². The van der Waals surface area contributed by atoms with E-state index in [0.717, 1.165) is 37.1 Å². The largest absolute Gasteiger partial charge is 0.343 e. The lowest BCUT2D eigenvalue weighted by atomic mass is 10.3. The molecule has 1 aliphatic rings. The first kappa shape index (κ1) is 13.7. The van der Waals surface area contributed by atoms with Crippen molar-refractivity contribution in [1.82, 2.24) is 14.3 Å². The molecule has 0 spiro atoms. The third-order valence-electron chi connectivity index (χ3n) is 2.92. The smallest absolute Gasteiger partial charge is 0.246 e. The van der Waals surface area contributed by atoms with Gasteiger partial charge in [-0.2, -0.15) is 4.37 Å². The molecule has 1 aromatic heterocycles. The summed E-state index contributed by atoms with van der Waals surface area (Å²) < 4.78 is 4.19. The third-order valence-corrected chi connectivity index (χ3v) is 3.79. The Bertz CT molecular complexity index is 487. The summed E-state index contributed by atoms with van der Waals surface area (Å²) >= 11 is 1.42. The second-order valence-electron chi connectivity index (χ2n) is 4.32. The van der Waals surface area contributed by atoms with E-state index in [2.05, 4.69) is 14.3 Å². The minimum atomic E-state index is 0.0752. The zero-order valence-electron chi connectivity index (χ0n) is 11.2. The number of nitrogens with zero attached hydrogens (tertiary/aromatic N) is 4. The Hall–Kier alpha value is -1.69. The summed E-state index contributed by atoms with van der Waals surface area (Å²) in [6.07, 6.45) is 7.16. The Morgan fingerprint density at radius 3 is 2.58 bits per heavy atom. The van der Waals surface area contributed by atoms with Crippen molar-refractivity contribution >= 4 is 22.6 Å². The van der Waals surface area contributed by atoms with E-state index >= 15 is 0 Å². The zero-order chi connectivity index (χ0) is 13.7. The summed E-state index contributed by atoms with van der Waals surface area (Å²) in [5, 5.41) is 0.953. The molecule has 2 heterocycles. The molecule has 19 heavy (non-hydrogen) atoms. The van der Waals surface area contributed by atoms with Gasteiger partial charge in [0.25, 0.3) is 0 Å². The number of amides is 1. The van der Waals surface area contributed by atoms with Gasteiger partial charge in [-0.1, -0.05) is 18.2 Å². The Balaban J connectivity index is 1.87. The van der Waals surface area contributed by atoms with E-state index in [4.69, 9.17) is 0 Å². The predicted molar refractivity (Wildman–Crippen MR) is 77.4 cm³/mol. The minimum Gasteiger partial charge on any atom is -0.343 e. The molecule has 0 saturated carbocycles. The van der Waals surface area contributed by atoms with E-state index in [9.17, 15) is 4.79 Å². The maximum absolute atomic E-state index is 11.9. The summed E-state index contributed by atoms with van der Waals surface area (Å²) in [5.74, 6) is 0.888. The average molecular weight is 278 g/mol. The van der Waals surface area contributed by atoms with E-state index in [1.165, 1.54) is 11.5 Å².